The molecule has 0 unspecified atom stereocenters. The number of hydrogen-bond donors (Lipinski definition) is 2. The summed E-state index contributed by atoms with van der Waals surface area (Å²) in [4.78, 5) is 11.5. The van der Waals surface area contributed by atoms with Crippen LogP contribution < -0.4 is 0 Å². The van der Waals surface area contributed by atoms with E-state index in [1.54, 1.807) is 32.0 Å². The van der Waals surface area contributed by atoms with Crippen LogP contribution >= 0.6 is 0 Å². The van der Waals surface area contributed by atoms with Crippen LogP contribution in [0, 0.1) is 24.1 Å². The molecule has 0 atom stereocenters. The number of halogens is 1. The van der Waals surface area contributed by atoms with Crippen LogP contribution in [0.5, 0.6) is 0 Å². The number of aromatic amines is 1. The summed E-state index contributed by atoms with van der Waals surface area (Å²) in [6.07, 6.45) is 12.7. The molecule has 0 radical (unpaired) electrons. The molecule has 0 spiro atoms. The molecule has 1 saturated carbocycles. The third kappa shape index (κ3) is 9.78. The molecule has 1 aliphatic rings. The van der Waals surface area contributed by atoms with Crippen molar-refractivity contribution < 1.29 is 9.50 Å². The number of imidazole rings is 1. The lowest BCUT2D eigenvalue weighted by molar-refractivity contribution is 0.318. The molecule has 37 heavy (non-hydrogen) atoms. The number of pyridine rings is 1. The van der Waals surface area contributed by atoms with Gasteiger partial charge in [-0.15, -0.1) is 0 Å². The first-order chi connectivity index (χ1) is 17.8. The van der Waals surface area contributed by atoms with Gasteiger partial charge in [0.15, 0.2) is 5.65 Å². The molecule has 1 aromatic carbocycles. The molecule has 0 bridgehead atoms. The van der Waals surface area contributed by atoms with Crippen molar-refractivity contribution >= 4 is 16.7 Å². The number of nitrogens with one attached hydrogen (secondary N) is 1. The van der Waals surface area contributed by atoms with E-state index in [1.807, 2.05) is 45.1 Å². The van der Waals surface area contributed by atoms with Crippen molar-refractivity contribution in [2.45, 2.75) is 73.1 Å². The summed E-state index contributed by atoms with van der Waals surface area (Å²) in [7, 11) is 0. The van der Waals surface area contributed by atoms with Gasteiger partial charge in [-0.3, -0.25) is 0 Å². The molecule has 6 heteroatoms. The lowest BCUT2D eigenvalue weighted by Crippen LogP contribution is -1.95. The van der Waals surface area contributed by atoms with Crippen molar-refractivity contribution in [3.63, 3.8) is 0 Å². The largest absolute Gasteiger partial charge is 0.397 e. The van der Waals surface area contributed by atoms with E-state index in [1.165, 1.54) is 38.5 Å². The van der Waals surface area contributed by atoms with Crippen LogP contribution in [-0.2, 0) is 0 Å². The summed E-state index contributed by atoms with van der Waals surface area (Å²) in [6, 6.07) is 8.75. The van der Waals surface area contributed by atoms with Gasteiger partial charge in [-0.25, -0.2) is 14.4 Å². The fraction of sp³-hybridized carbons (Fsp3) is 0.387. The molecular formula is C31H41FN4O. The van der Waals surface area contributed by atoms with E-state index in [0.29, 0.717) is 33.7 Å². The van der Waals surface area contributed by atoms with Crippen LogP contribution in [0.3, 0.4) is 0 Å². The summed E-state index contributed by atoms with van der Waals surface area (Å²) >= 11 is 0. The molecule has 5 nitrogen and oxygen atoms in total. The molecular weight excluding hydrogens is 463 g/mol. The second-order valence-electron chi connectivity index (χ2n) is 8.51. The molecule has 3 aromatic rings. The van der Waals surface area contributed by atoms with Gasteiger partial charge in [0.25, 0.3) is 0 Å². The first kappa shape index (κ1) is 31.5. The zero-order valence-electron chi connectivity index (χ0n) is 23.0. The minimum Gasteiger partial charge on any atom is -0.397 e. The predicted molar refractivity (Wildman–Crippen MR) is 154 cm³/mol. The number of aliphatic hydroxyl groups excluding tert-OH is 1. The fourth-order valence-electron chi connectivity index (χ4n) is 3.69. The second kappa shape index (κ2) is 17.0. The van der Waals surface area contributed by atoms with Crippen molar-refractivity contribution in [3.8, 4) is 17.5 Å². The minimum absolute atomic E-state index is 0.250. The van der Waals surface area contributed by atoms with Gasteiger partial charge in [0.05, 0.1) is 11.1 Å². The van der Waals surface area contributed by atoms with E-state index < -0.39 is 0 Å². The Bertz CT molecular complexity index is 1220. The van der Waals surface area contributed by atoms with Gasteiger partial charge in [0.1, 0.15) is 23.4 Å². The molecule has 1 aliphatic carbocycles. The highest BCUT2D eigenvalue weighted by molar-refractivity contribution is 5.79. The average molecular weight is 505 g/mol. The predicted octanol–water partition coefficient (Wildman–Crippen LogP) is 8.46. The Morgan fingerprint density at radius 3 is 2.14 bits per heavy atom. The molecule has 1 fully saturated rings. The molecule has 0 aliphatic heterocycles. The van der Waals surface area contributed by atoms with Gasteiger partial charge >= 0.3 is 0 Å². The molecule has 0 amide bonds. The van der Waals surface area contributed by atoms with Gasteiger partial charge in [0, 0.05) is 6.61 Å². The number of nitriles is 1. The Hall–Kier alpha value is -3.56. The SMILES string of the molecule is C1CCCCC1.C=C(C)/C=C\C(=C)c1ccc(-c2nc3nc(C#N)ccc3[nH]2)c(F)c1C.CC.CCO. The summed E-state index contributed by atoms with van der Waals surface area (Å²) in [5.41, 5.74) is 4.47. The van der Waals surface area contributed by atoms with Crippen molar-refractivity contribution in [2.24, 2.45) is 0 Å². The summed E-state index contributed by atoms with van der Waals surface area (Å²) < 4.78 is 15.0. The lowest BCUT2D eigenvalue weighted by Gasteiger charge is -2.10. The van der Waals surface area contributed by atoms with Crippen LogP contribution in [0.25, 0.3) is 28.1 Å². The van der Waals surface area contributed by atoms with E-state index in [9.17, 15) is 4.39 Å². The number of fused-ring (bicyclic) bond motifs is 1. The van der Waals surface area contributed by atoms with Crippen LogP contribution in [-0.4, -0.2) is 26.7 Å². The van der Waals surface area contributed by atoms with Gasteiger partial charge in [-0.05, 0) is 55.7 Å². The highest BCUT2D eigenvalue weighted by atomic mass is 19.1. The molecule has 2 N–H and O–H groups in total. The summed E-state index contributed by atoms with van der Waals surface area (Å²) in [5, 5.41) is 16.5. The number of benzene rings is 1. The molecule has 0 saturated heterocycles. The van der Waals surface area contributed by atoms with Crippen molar-refractivity contribution in [3.05, 3.63) is 77.8 Å². The van der Waals surface area contributed by atoms with Crippen molar-refractivity contribution in [1.29, 1.82) is 5.26 Å². The number of aromatic nitrogens is 3. The first-order valence-corrected chi connectivity index (χ1v) is 13.0. The number of allylic oxidation sites excluding steroid dienone is 4. The normalized spacial score (nSPS) is 12.3. The smallest absolute Gasteiger partial charge is 0.179 e. The standard InChI is InChI=1S/C21H17FN4.C6H12.C2H6O.C2H6/c1-12(2)5-6-13(3)16-8-9-17(19(22)14(16)4)20-25-18-10-7-15(11-23)24-21(18)26-20;1-2-4-6-5-3-1;1-2-3;1-2/h5-10H,1,3H2,2,4H3,(H,24,25,26);1-6H2;3H,2H2,1H3;1-2H3/b6-5-;;;. The minimum atomic E-state index is -0.369. The number of aliphatic hydroxyl groups is 1. The Morgan fingerprint density at radius 2 is 1.62 bits per heavy atom. The zero-order valence-corrected chi connectivity index (χ0v) is 23.0. The monoisotopic (exact) mass is 504 g/mol. The summed E-state index contributed by atoms with van der Waals surface area (Å²) in [6.45, 7) is 17.3. The molecule has 2 heterocycles. The number of hydrogen-bond acceptors (Lipinski definition) is 4. The topological polar surface area (TPSA) is 85.6 Å². The highest BCUT2D eigenvalue weighted by Crippen LogP contribution is 2.29. The third-order valence-electron chi connectivity index (χ3n) is 5.52. The molecule has 2 aromatic heterocycles. The maximum Gasteiger partial charge on any atom is 0.179 e. The van der Waals surface area contributed by atoms with Gasteiger partial charge < -0.3 is 10.1 Å². The zero-order chi connectivity index (χ0) is 27.8. The second-order valence-corrected chi connectivity index (χ2v) is 8.51. The van der Waals surface area contributed by atoms with Gasteiger partial charge in [-0.1, -0.05) is 89.3 Å². The van der Waals surface area contributed by atoms with Crippen molar-refractivity contribution in [1.82, 2.24) is 15.0 Å². The fourth-order valence-corrected chi connectivity index (χ4v) is 3.69. The van der Waals surface area contributed by atoms with E-state index >= 15 is 0 Å². The lowest BCUT2D eigenvalue weighted by atomic mass is 9.97. The van der Waals surface area contributed by atoms with E-state index in [2.05, 4.69) is 28.1 Å². The Kier molecular flexibility index (Phi) is 14.5. The maximum atomic E-state index is 15.0. The Morgan fingerprint density at radius 1 is 1.05 bits per heavy atom. The molecule has 4 rings (SSSR count). The maximum absolute atomic E-state index is 15.0. The van der Waals surface area contributed by atoms with Crippen LogP contribution in [0.2, 0.25) is 0 Å². The molecule has 198 valence electrons. The van der Waals surface area contributed by atoms with Crippen LogP contribution in [0.15, 0.2) is 55.1 Å². The average Bonchev–Trinajstić information content (AvgIpc) is 3.34. The Labute approximate surface area is 221 Å². The highest BCUT2D eigenvalue weighted by Gasteiger charge is 2.16. The summed E-state index contributed by atoms with van der Waals surface area (Å²) in [5.74, 6) is 0.00441. The van der Waals surface area contributed by atoms with Crippen LogP contribution in [0.1, 0.15) is 83.0 Å². The number of rotatable bonds is 4. The first-order valence-electron chi connectivity index (χ1n) is 13.0. The van der Waals surface area contributed by atoms with E-state index in [-0.39, 0.29) is 18.1 Å². The van der Waals surface area contributed by atoms with Crippen LogP contribution in [0.4, 0.5) is 4.39 Å². The van der Waals surface area contributed by atoms with E-state index in [0.717, 1.165) is 11.1 Å². The van der Waals surface area contributed by atoms with Crippen molar-refractivity contribution in [2.75, 3.05) is 6.61 Å². The number of nitrogens with zero attached hydrogens (tertiary/aromatic N) is 3. The van der Waals surface area contributed by atoms with Gasteiger partial charge in [0.2, 0.25) is 0 Å². The quantitative estimate of drug-likeness (QED) is 0.349. The van der Waals surface area contributed by atoms with E-state index in [4.69, 9.17) is 10.4 Å². The Balaban J connectivity index is 0.000000523. The van der Waals surface area contributed by atoms with Gasteiger partial charge in [-0.2, -0.15) is 5.26 Å². The number of H-pyrrole nitrogens is 1. The third-order valence-corrected chi connectivity index (χ3v) is 5.52.